The maximum atomic E-state index is 10.1. The summed E-state index contributed by atoms with van der Waals surface area (Å²) in [5.41, 5.74) is 0.427. The molecular weight excluding hydrogens is 170 g/mol. The van der Waals surface area contributed by atoms with Crippen molar-refractivity contribution in [3.8, 4) is 0 Å². The molecule has 1 aromatic heterocycles. The van der Waals surface area contributed by atoms with Gasteiger partial charge in [-0.25, -0.2) is 4.98 Å². The van der Waals surface area contributed by atoms with E-state index in [-0.39, 0.29) is 11.7 Å². The van der Waals surface area contributed by atoms with Crippen LogP contribution in [0.3, 0.4) is 0 Å². The summed E-state index contributed by atoms with van der Waals surface area (Å²) in [6.07, 6.45) is 1.45. The zero-order valence-electron chi connectivity index (χ0n) is 5.82. The molecule has 0 radical (unpaired) electrons. The Labute approximate surface area is 67.8 Å². The third-order valence-corrected chi connectivity index (χ3v) is 1.60. The summed E-state index contributed by atoms with van der Waals surface area (Å²) >= 11 is 5.55. The Morgan fingerprint density at radius 2 is 2.55 bits per heavy atom. The van der Waals surface area contributed by atoms with Crippen LogP contribution in [0.1, 0.15) is 5.69 Å². The molecule has 0 aliphatic rings. The van der Waals surface area contributed by atoms with Crippen LogP contribution < -0.4 is 0 Å². The SMILES string of the molecule is Cn1cnc(Cl)c1C[N+](=O)[O-]. The largest absolute Gasteiger partial charge is 0.331 e. The van der Waals surface area contributed by atoms with Gasteiger partial charge >= 0.3 is 0 Å². The van der Waals surface area contributed by atoms with Gasteiger partial charge in [0, 0.05) is 12.0 Å². The van der Waals surface area contributed by atoms with Crippen molar-refractivity contribution in [2.45, 2.75) is 6.54 Å². The van der Waals surface area contributed by atoms with E-state index in [9.17, 15) is 10.1 Å². The van der Waals surface area contributed by atoms with Crippen LogP contribution in [0.15, 0.2) is 6.33 Å². The quantitative estimate of drug-likeness (QED) is 0.495. The van der Waals surface area contributed by atoms with Crippen molar-refractivity contribution < 1.29 is 4.92 Å². The minimum absolute atomic E-state index is 0.198. The number of imidazole rings is 1. The fourth-order valence-electron chi connectivity index (χ4n) is 0.726. The molecule has 0 atom stereocenters. The molecule has 0 N–H and O–H groups in total. The molecule has 0 saturated heterocycles. The highest BCUT2D eigenvalue weighted by Gasteiger charge is 2.11. The minimum atomic E-state index is -0.442. The third-order valence-electron chi connectivity index (χ3n) is 1.29. The van der Waals surface area contributed by atoms with Crippen molar-refractivity contribution in [2.24, 2.45) is 7.05 Å². The molecule has 1 rings (SSSR count). The van der Waals surface area contributed by atoms with Gasteiger partial charge < -0.3 is 4.57 Å². The van der Waals surface area contributed by atoms with Gasteiger partial charge in [0.2, 0.25) is 6.54 Å². The predicted octanol–water partition coefficient (Wildman–Crippen LogP) is 0.850. The van der Waals surface area contributed by atoms with E-state index in [1.807, 2.05) is 0 Å². The van der Waals surface area contributed by atoms with Crippen LogP contribution in [0.2, 0.25) is 5.15 Å². The summed E-state index contributed by atoms with van der Waals surface area (Å²) in [6, 6.07) is 0. The molecule has 11 heavy (non-hydrogen) atoms. The highest BCUT2D eigenvalue weighted by Crippen LogP contribution is 2.12. The lowest BCUT2D eigenvalue weighted by molar-refractivity contribution is -0.497. The number of halogens is 1. The second kappa shape index (κ2) is 2.87. The van der Waals surface area contributed by atoms with E-state index < -0.39 is 4.92 Å². The minimum Gasteiger partial charge on any atom is -0.331 e. The van der Waals surface area contributed by atoms with Crippen LogP contribution in [0.5, 0.6) is 0 Å². The van der Waals surface area contributed by atoms with E-state index in [1.165, 1.54) is 10.9 Å². The smallest absolute Gasteiger partial charge is 0.246 e. The first-order valence-corrected chi connectivity index (χ1v) is 3.26. The second-order valence-electron chi connectivity index (χ2n) is 2.08. The number of nitro groups is 1. The molecule has 1 heterocycles. The van der Waals surface area contributed by atoms with Gasteiger partial charge in [-0.3, -0.25) is 10.1 Å². The fraction of sp³-hybridized carbons (Fsp3) is 0.400. The maximum absolute atomic E-state index is 10.1. The van der Waals surface area contributed by atoms with E-state index in [4.69, 9.17) is 11.6 Å². The van der Waals surface area contributed by atoms with Gasteiger partial charge in [0.1, 0.15) is 5.69 Å². The van der Waals surface area contributed by atoms with Crippen LogP contribution in [0, 0.1) is 10.1 Å². The molecule has 0 saturated carbocycles. The molecule has 0 aromatic carbocycles. The van der Waals surface area contributed by atoms with E-state index in [0.717, 1.165) is 0 Å². The number of hydrogen-bond acceptors (Lipinski definition) is 3. The van der Waals surface area contributed by atoms with Gasteiger partial charge in [-0.05, 0) is 0 Å². The zero-order valence-corrected chi connectivity index (χ0v) is 6.58. The van der Waals surface area contributed by atoms with Crippen LogP contribution in [0.25, 0.3) is 0 Å². The number of rotatable bonds is 2. The molecule has 0 fully saturated rings. The normalized spacial score (nSPS) is 10.0. The molecule has 0 aliphatic carbocycles. The topological polar surface area (TPSA) is 61.0 Å². The van der Waals surface area contributed by atoms with E-state index in [2.05, 4.69) is 4.98 Å². The molecule has 1 aromatic rings. The number of hydrogen-bond donors (Lipinski definition) is 0. The Morgan fingerprint density at radius 1 is 1.91 bits per heavy atom. The number of aromatic nitrogens is 2. The van der Waals surface area contributed by atoms with Crippen molar-refractivity contribution in [3.05, 3.63) is 27.3 Å². The van der Waals surface area contributed by atoms with Gasteiger partial charge in [0.05, 0.1) is 6.33 Å². The third kappa shape index (κ3) is 1.68. The van der Waals surface area contributed by atoms with Crippen molar-refractivity contribution in [1.29, 1.82) is 0 Å². The van der Waals surface area contributed by atoms with Crippen molar-refractivity contribution in [1.82, 2.24) is 9.55 Å². The highest BCUT2D eigenvalue weighted by atomic mass is 35.5. The Balaban J connectivity index is 2.92. The Kier molecular flexibility index (Phi) is 2.09. The van der Waals surface area contributed by atoms with E-state index >= 15 is 0 Å². The first-order chi connectivity index (χ1) is 5.11. The molecule has 60 valence electrons. The van der Waals surface area contributed by atoms with Crippen LogP contribution in [-0.4, -0.2) is 14.5 Å². The Morgan fingerprint density at radius 3 is 2.91 bits per heavy atom. The first-order valence-electron chi connectivity index (χ1n) is 2.88. The monoisotopic (exact) mass is 175 g/mol. The van der Waals surface area contributed by atoms with Crippen LogP contribution >= 0.6 is 11.6 Å². The fourth-order valence-corrected chi connectivity index (χ4v) is 0.963. The molecule has 0 aliphatic heterocycles. The first kappa shape index (κ1) is 8.00. The van der Waals surface area contributed by atoms with Gasteiger partial charge in [-0.1, -0.05) is 11.6 Å². The van der Waals surface area contributed by atoms with Crippen molar-refractivity contribution >= 4 is 11.6 Å². The molecule has 6 heteroatoms. The molecule has 0 unspecified atom stereocenters. The lowest BCUT2D eigenvalue weighted by Crippen LogP contribution is -2.03. The van der Waals surface area contributed by atoms with Gasteiger partial charge in [0.15, 0.2) is 5.15 Å². The van der Waals surface area contributed by atoms with Gasteiger partial charge in [-0.2, -0.15) is 0 Å². The molecule has 0 spiro atoms. The summed E-state index contributed by atoms with van der Waals surface area (Å²) in [5.74, 6) is 0. The molecule has 5 nitrogen and oxygen atoms in total. The van der Waals surface area contributed by atoms with Crippen molar-refractivity contribution in [3.63, 3.8) is 0 Å². The number of nitrogens with zero attached hydrogens (tertiary/aromatic N) is 3. The average molecular weight is 176 g/mol. The summed E-state index contributed by atoms with van der Waals surface area (Å²) in [7, 11) is 1.66. The maximum Gasteiger partial charge on any atom is 0.246 e. The van der Waals surface area contributed by atoms with Crippen LogP contribution in [0.4, 0.5) is 0 Å². The second-order valence-corrected chi connectivity index (χ2v) is 2.44. The zero-order chi connectivity index (χ0) is 8.43. The van der Waals surface area contributed by atoms with E-state index in [1.54, 1.807) is 7.05 Å². The Hall–Kier alpha value is -1.10. The molecule has 0 bridgehead atoms. The lowest BCUT2D eigenvalue weighted by Gasteiger charge is -1.95. The highest BCUT2D eigenvalue weighted by molar-refractivity contribution is 6.30. The number of aryl methyl sites for hydroxylation is 1. The standard InChI is InChI=1S/C5H6ClN3O2/c1-8-3-7-5(6)4(8)2-9(10)11/h3H,2H2,1H3. The summed E-state index contributed by atoms with van der Waals surface area (Å²) < 4.78 is 1.53. The van der Waals surface area contributed by atoms with Crippen LogP contribution in [-0.2, 0) is 13.6 Å². The van der Waals surface area contributed by atoms with Gasteiger partial charge in [0.25, 0.3) is 0 Å². The van der Waals surface area contributed by atoms with Crippen molar-refractivity contribution in [2.75, 3.05) is 0 Å². The molecule has 0 amide bonds. The summed E-state index contributed by atoms with van der Waals surface area (Å²) in [5, 5.41) is 10.3. The lowest BCUT2D eigenvalue weighted by atomic mass is 10.5. The summed E-state index contributed by atoms with van der Waals surface area (Å²) in [4.78, 5) is 13.3. The average Bonchev–Trinajstić information content (AvgIpc) is 2.18. The van der Waals surface area contributed by atoms with Gasteiger partial charge in [-0.15, -0.1) is 0 Å². The molecular formula is C5H6ClN3O2. The predicted molar refractivity (Wildman–Crippen MR) is 38.9 cm³/mol. The summed E-state index contributed by atoms with van der Waals surface area (Å²) in [6.45, 7) is -0.282. The Bertz CT molecular complexity index is 264. The van der Waals surface area contributed by atoms with E-state index in [0.29, 0.717) is 5.69 Å².